The Morgan fingerprint density at radius 2 is 1.73 bits per heavy atom. The normalized spacial score (nSPS) is 15.1. The molecule has 3 heteroatoms. The molecule has 2 atom stereocenters. The average Bonchev–Trinajstić information content (AvgIpc) is 2.21. The molecule has 1 nitrogen and oxygen atoms in total. The maximum absolute atomic E-state index is 13.6. The van der Waals surface area contributed by atoms with E-state index in [4.69, 9.17) is 0 Å². The van der Waals surface area contributed by atoms with Crippen LogP contribution in [0.15, 0.2) is 12.1 Å². The lowest BCUT2D eigenvalue weighted by atomic mass is 9.93. The Balaban J connectivity index is 3.09. The molecule has 0 radical (unpaired) electrons. The summed E-state index contributed by atoms with van der Waals surface area (Å²) in [6.07, 6.45) is 0. The minimum atomic E-state index is -0.346. The zero-order valence-electron chi connectivity index (χ0n) is 9.57. The molecule has 15 heavy (non-hydrogen) atoms. The van der Waals surface area contributed by atoms with Crippen LogP contribution in [0, 0.1) is 18.6 Å². The summed E-state index contributed by atoms with van der Waals surface area (Å²) in [4.78, 5) is 0. The largest absolute Gasteiger partial charge is 0.317 e. The quantitative estimate of drug-likeness (QED) is 0.814. The monoisotopic (exact) mass is 213 g/mol. The van der Waals surface area contributed by atoms with E-state index in [0.29, 0.717) is 11.1 Å². The van der Waals surface area contributed by atoms with Crippen molar-refractivity contribution < 1.29 is 8.78 Å². The van der Waals surface area contributed by atoms with Gasteiger partial charge in [0.05, 0.1) is 0 Å². The molecular formula is C12H17F2N. The van der Waals surface area contributed by atoms with Gasteiger partial charge in [-0.2, -0.15) is 0 Å². The van der Waals surface area contributed by atoms with Crippen molar-refractivity contribution in [3.8, 4) is 0 Å². The zero-order chi connectivity index (χ0) is 11.6. The van der Waals surface area contributed by atoms with Gasteiger partial charge in [0.25, 0.3) is 0 Å². The zero-order valence-corrected chi connectivity index (χ0v) is 9.57. The first-order valence-electron chi connectivity index (χ1n) is 5.10. The molecule has 0 aliphatic rings. The van der Waals surface area contributed by atoms with Gasteiger partial charge in [-0.05, 0) is 50.1 Å². The maximum atomic E-state index is 13.6. The molecule has 0 spiro atoms. The van der Waals surface area contributed by atoms with Crippen LogP contribution >= 0.6 is 0 Å². The van der Waals surface area contributed by atoms with Crippen LogP contribution in [-0.4, -0.2) is 13.1 Å². The van der Waals surface area contributed by atoms with Gasteiger partial charge in [-0.3, -0.25) is 0 Å². The van der Waals surface area contributed by atoms with Crippen molar-refractivity contribution in [1.29, 1.82) is 0 Å². The van der Waals surface area contributed by atoms with Crippen molar-refractivity contribution in [2.24, 2.45) is 0 Å². The van der Waals surface area contributed by atoms with Crippen molar-refractivity contribution in [1.82, 2.24) is 5.32 Å². The van der Waals surface area contributed by atoms with Gasteiger partial charge in [-0.15, -0.1) is 0 Å². The second-order valence-corrected chi connectivity index (χ2v) is 3.99. The highest BCUT2D eigenvalue weighted by Gasteiger charge is 2.18. The Morgan fingerprint density at radius 3 is 2.27 bits per heavy atom. The highest BCUT2D eigenvalue weighted by molar-refractivity contribution is 5.28. The van der Waals surface area contributed by atoms with E-state index in [1.807, 2.05) is 20.9 Å². The van der Waals surface area contributed by atoms with Crippen molar-refractivity contribution in [2.75, 3.05) is 7.05 Å². The second-order valence-electron chi connectivity index (χ2n) is 3.99. The summed E-state index contributed by atoms with van der Waals surface area (Å²) in [5.74, 6) is -0.727. The molecule has 0 aliphatic heterocycles. The number of benzene rings is 1. The number of hydrogen-bond acceptors (Lipinski definition) is 1. The van der Waals surface area contributed by atoms with E-state index in [9.17, 15) is 8.78 Å². The van der Waals surface area contributed by atoms with Crippen LogP contribution in [0.4, 0.5) is 8.78 Å². The highest BCUT2D eigenvalue weighted by Crippen LogP contribution is 2.24. The lowest BCUT2D eigenvalue weighted by Gasteiger charge is -2.20. The predicted molar refractivity (Wildman–Crippen MR) is 58.0 cm³/mol. The molecule has 0 fully saturated rings. The van der Waals surface area contributed by atoms with E-state index >= 15 is 0 Å². The Morgan fingerprint density at radius 1 is 1.13 bits per heavy atom. The van der Waals surface area contributed by atoms with Crippen LogP contribution in [-0.2, 0) is 0 Å². The highest BCUT2D eigenvalue weighted by atomic mass is 19.1. The Kier molecular flexibility index (Phi) is 3.80. The molecule has 0 bridgehead atoms. The summed E-state index contributed by atoms with van der Waals surface area (Å²) in [6.45, 7) is 5.39. The van der Waals surface area contributed by atoms with Crippen LogP contribution < -0.4 is 5.32 Å². The minimum Gasteiger partial charge on any atom is -0.317 e. The molecule has 0 saturated heterocycles. The van der Waals surface area contributed by atoms with Gasteiger partial charge in [0.2, 0.25) is 0 Å². The molecular weight excluding hydrogens is 196 g/mol. The number of hydrogen-bond donors (Lipinski definition) is 1. The Bertz CT molecular complexity index is 350. The van der Waals surface area contributed by atoms with E-state index in [-0.39, 0.29) is 23.6 Å². The molecule has 0 aromatic heterocycles. The predicted octanol–water partition coefficient (Wildman–Crippen LogP) is 2.98. The number of likely N-dealkylation sites (N-methyl/N-ethyl adjacent to an activating group) is 1. The number of halogens is 2. The van der Waals surface area contributed by atoms with Crippen molar-refractivity contribution in [3.63, 3.8) is 0 Å². The van der Waals surface area contributed by atoms with Crippen LogP contribution in [0.5, 0.6) is 0 Å². The molecule has 84 valence electrons. The summed E-state index contributed by atoms with van der Waals surface area (Å²) < 4.78 is 26.9. The number of rotatable bonds is 3. The molecule has 1 N–H and O–H groups in total. The van der Waals surface area contributed by atoms with Crippen LogP contribution in [0.25, 0.3) is 0 Å². The van der Waals surface area contributed by atoms with Gasteiger partial charge in [-0.1, -0.05) is 6.92 Å². The molecule has 1 aromatic rings. The summed E-state index contributed by atoms with van der Waals surface area (Å²) >= 11 is 0. The van der Waals surface area contributed by atoms with Gasteiger partial charge in [0.15, 0.2) is 0 Å². The molecule has 0 aliphatic carbocycles. The Labute approximate surface area is 89.5 Å². The van der Waals surface area contributed by atoms with Crippen LogP contribution in [0.2, 0.25) is 0 Å². The molecule has 0 saturated carbocycles. The summed E-state index contributed by atoms with van der Waals surface area (Å²) in [5.41, 5.74) is 0.778. The Hall–Kier alpha value is -0.960. The second kappa shape index (κ2) is 4.71. The molecule has 1 rings (SSSR count). The third kappa shape index (κ3) is 2.53. The molecule has 0 amide bonds. The van der Waals surface area contributed by atoms with Gasteiger partial charge >= 0.3 is 0 Å². The van der Waals surface area contributed by atoms with E-state index in [2.05, 4.69) is 5.32 Å². The first kappa shape index (κ1) is 12.1. The summed E-state index contributed by atoms with van der Waals surface area (Å²) in [6, 6.07) is 2.66. The molecule has 0 heterocycles. The fourth-order valence-electron chi connectivity index (χ4n) is 1.53. The van der Waals surface area contributed by atoms with E-state index in [1.165, 1.54) is 12.1 Å². The third-order valence-corrected chi connectivity index (χ3v) is 2.97. The van der Waals surface area contributed by atoms with Crippen molar-refractivity contribution in [2.45, 2.75) is 32.7 Å². The minimum absolute atomic E-state index is 0.0508. The van der Waals surface area contributed by atoms with Gasteiger partial charge in [0, 0.05) is 6.04 Å². The van der Waals surface area contributed by atoms with Crippen molar-refractivity contribution >= 4 is 0 Å². The third-order valence-electron chi connectivity index (χ3n) is 2.97. The lowest BCUT2D eigenvalue weighted by molar-refractivity contribution is 0.491. The SMILES string of the molecule is CNC(C)C(C)c1cc(F)c(C)cc1F. The number of aryl methyl sites for hydroxylation is 1. The van der Waals surface area contributed by atoms with E-state index in [1.54, 1.807) is 6.92 Å². The van der Waals surface area contributed by atoms with Gasteiger partial charge < -0.3 is 5.32 Å². The summed E-state index contributed by atoms with van der Waals surface area (Å²) in [7, 11) is 1.81. The van der Waals surface area contributed by atoms with Crippen LogP contribution in [0.1, 0.15) is 30.9 Å². The summed E-state index contributed by atoms with van der Waals surface area (Å²) in [5, 5.41) is 3.04. The fraction of sp³-hybridized carbons (Fsp3) is 0.500. The van der Waals surface area contributed by atoms with E-state index in [0.717, 1.165) is 0 Å². The van der Waals surface area contributed by atoms with E-state index < -0.39 is 0 Å². The van der Waals surface area contributed by atoms with Gasteiger partial charge in [-0.25, -0.2) is 8.78 Å². The topological polar surface area (TPSA) is 12.0 Å². The first-order valence-corrected chi connectivity index (χ1v) is 5.10. The maximum Gasteiger partial charge on any atom is 0.127 e. The first-order chi connectivity index (χ1) is 6.97. The molecule has 2 unspecified atom stereocenters. The smallest absolute Gasteiger partial charge is 0.127 e. The van der Waals surface area contributed by atoms with Gasteiger partial charge in [0.1, 0.15) is 11.6 Å². The average molecular weight is 213 g/mol. The van der Waals surface area contributed by atoms with Crippen LogP contribution in [0.3, 0.4) is 0 Å². The standard InChI is InChI=1S/C12H17F2N/c1-7-5-12(14)10(6-11(7)13)8(2)9(3)15-4/h5-6,8-9,15H,1-4H3. The number of nitrogens with one attached hydrogen (secondary N) is 1. The lowest BCUT2D eigenvalue weighted by Crippen LogP contribution is -2.27. The van der Waals surface area contributed by atoms with Crippen molar-refractivity contribution in [3.05, 3.63) is 34.9 Å². The molecule has 1 aromatic carbocycles. The fourth-order valence-corrected chi connectivity index (χ4v) is 1.53.